The van der Waals surface area contributed by atoms with E-state index in [2.05, 4.69) is 33.1 Å². The number of rotatable bonds is 11. The van der Waals surface area contributed by atoms with Crippen molar-refractivity contribution < 1.29 is 37.7 Å². The smallest absolute Gasteiger partial charge is 0.319 e. The summed E-state index contributed by atoms with van der Waals surface area (Å²) in [7, 11) is -8.46. The number of aryl methyl sites for hydroxylation is 1. The highest BCUT2D eigenvalue weighted by molar-refractivity contribution is 8.45. The maximum absolute atomic E-state index is 16.9. The molecule has 2 saturated heterocycles. The number of nitrogens with zero attached hydrogens (tertiary/aromatic N) is 4. The van der Waals surface area contributed by atoms with Crippen LogP contribution in [0.2, 0.25) is 0 Å². The standard InChI is InChI=1S/C36H40F2N6O.C7H7F5OS/c1-3-5-18-39-21-24-11-7-13-28-30-33(42-35(43-34(30)40-24)45-22-36-16-8-19-44(36)20-9-17-36)31(38)32(41-28)26-12-6-10-23-14-15-27(37)25(4-2)29(23)26;1-13-6-3-2-4-7(5-6)14(8,9,10,11)12/h2,6,10,12,14-15,24,39H,3,5,7-9,11,13,16-22H2,1H3,(H,40,42,43);2-5H,1H3. The second-order valence-corrected chi connectivity index (χ2v) is 17.8. The Morgan fingerprint density at radius 1 is 0.966 bits per heavy atom. The summed E-state index contributed by atoms with van der Waals surface area (Å²) in [6.45, 7) is 6.54. The Labute approximate surface area is 339 Å². The minimum Gasteiger partial charge on any atom is -0.497 e. The monoisotopic (exact) mass is 844 g/mol. The van der Waals surface area contributed by atoms with Crippen LogP contribution in [0.4, 0.5) is 34.0 Å². The molecule has 8 rings (SSSR count). The van der Waals surface area contributed by atoms with E-state index in [0.29, 0.717) is 46.9 Å². The van der Waals surface area contributed by atoms with Crippen molar-refractivity contribution in [3.8, 4) is 35.4 Å². The summed E-state index contributed by atoms with van der Waals surface area (Å²) >= 11 is 0. The fraction of sp³-hybridized carbons (Fsp3) is 0.419. The first-order chi connectivity index (χ1) is 28.0. The number of halogens is 7. The third kappa shape index (κ3) is 9.02. The molecule has 59 heavy (non-hydrogen) atoms. The van der Waals surface area contributed by atoms with Gasteiger partial charge in [-0.05, 0) is 94.6 Å². The third-order valence-corrected chi connectivity index (χ3v) is 12.6. The van der Waals surface area contributed by atoms with Gasteiger partial charge in [-0.3, -0.25) is 4.90 Å². The summed E-state index contributed by atoms with van der Waals surface area (Å²) in [6, 6.07) is 11.3. The number of terminal acetylenes is 1. The summed E-state index contributed by atoms with van der Waals surface area (Å²) in [6.07, 6.45) is 14.9. The van der Waals surface area contributed by atoms with Gasteiger partial charge in [0, 0.05) is 29.6 Å². The molecule has 3 aliphatic heterocycles. The number of fused-ring (bicyclic) bond motifs is 2. The molecule has 5 aromatic rings. The van der Waals surface area contributed by atoms with Crippen molar-refractivity contribution in [2.45, 2.75) is 81.2 Å². The number of aromatic nitrogens is 3. The molecule has 1 unspecified atom stereocenters. The Bertz CT molecular complexity index is 2400. The molecule has 0 radical (unpaired) electrons. The number of hydrogen-bond donors (Lipinski definition) is 2. The number of anilines is 1. The molecule has 16 heteroatoms. The largest absolute Gasteiger partial charge is 0.497 e. The number of unbranched alkanes of at least 4 members (excludes halogenated alkanes) is 1. The SMILES string of the molecule is C#Cc1c(F)ccc2cccc(-c3nc4c5c(nc(OCC67CCCN6CCC7)nc5c3F)NC(CNCCCC)CCC4)c12.COc1cccc(S(F)(F)(F)(F)F)c1. The summed E-state index contributed by atoms with van der Waals surface area (Å²) in [5.41, 5.74) is 1.50. The van der Waals surface area contributed by atoms with E-state index < -0.39 is 26.8 Å². The lowest BCUT2D eigenvalue weighted by molar-refractivity contribution is 0.108. The first-order valence-electron chi connectivity index (χ1n) is 19.9. The van der Waals surface area contributed by atoms with Crippen LogP contribution in [0, 0.1) is 24.0 Å². The second kappa shape index (κ2) is 16.0. The average Bonchev–Trinajstić information content (AvgIpc) is 3.79. The highest BCUT2D eigenvalue weighted by Gasteiger charge is 2.65. The van der Waals surface area contributed by atoms with E-state index in [0.717, 1.165) is 102 Å². The molecule has 5 heterocycles. The van der Waals surface area contributed by atoms with Crippen molar-refractivity contribution in [2.24, 2.45) is 0 Å². The van der Waals surface area contributed by atoms with Crippen LogP contribution in [0.25, 0.3) is 32.9 Å². The number of benzene rings is 3. The van der Waals surface area contributed by atoms with E-state index in [9.17, 15) is 23.8 Å². The van der Waals surface area contributed by atoms with Crippen molar-refractivity contribution >= 4 is 37.7 Å². The van der Waals surface area contributed by atoms with Gasteiger partial charge >= 0.3 is 16.2 Å². The molecule has 8 nitrogen and oxygen atoms in total. The Morgan fingerprint density at radius 3 is 2.44 bits per heavy atom. The Balaban J connectivity index is 0.000000321. The fourth-order valence-corrected chi connectivity index (χ4v) is 9.13. The molecule has 0 saturated carbocycles. The van der Waals surface area contributed by atoms with Gasteiger partial charge in [-0.1, -0.05) is 69.0 Å². The minimum absolute atomic E-state index is 0.00512. The summed E-state index contributed by atoms with van der Waals surface area (Å²) in [4.78, 5) is 15.1. The maximum atomic E-state index is 16.9. The normalized spacial score (nSPS) is 18.7. The molecule has 0 spiro atoms. The average molecular weight is 845 g/mol. The van der Waals surface area contributed by atoms with E-state index in [1.54, 1.807) is 12.1 Å². The molecule has 3 aromatic carbocycles. The molecule has 0 bridgehead atoms. The van der Waals surface area contributed by atoms with Crippen LogP contribution >= 0.6 is 10.2 Å². The Morgan fingerprint density at radius 2 is 1.73 bits per heavy atom. The van der Waals surface area contributed by atoms with Gasteiger partial charge in [0.25, 0.3) is 0 Å². The molecule has 3 aliphatic rings. The van der Waals surface area contributed by atoms with Gasteiger partial charge in [-0.2, -0.15) is 9.97 Å². The van der Waals surface area contributed by atoms with Crippen LogP contribution in [-0.2, 0) is 6.42 Å². The van der Waals surface area contributed by atoms with E-state index in [1.165, 1.54) is 6.07 Å². The van der Waals surface area contributed by atoms with E-state index in [4.69, 9.17) is 26.1 Å². The molecular weight excluding hydrogens is 798 g/mol. The van der Waals surface area contributed by atoms with Crippen LogP contribution in [0.3, 0.4) is 0 Å². The van der Waals surface area contributed by atoms with Crippen molar-refractivity contribution in [1.82, 2.24) is 25.2 Å². The number of ether oxygens (including phenoxy) is 2. The fourth-order valence-electron chi connectivity index (χ4n) is 8.46. The molecule has 0 amide bonds. The first kappa shape index (κ1) is 42.3. The van der Waals surface area contributed by atoms with Crippen LogP contribution < -0.4 is 20.1 Å². The molecule has 1 atom stereocenters. The topological polar surface area (TPSA) is 84.4 Å². The number of nitrogens with one attached hydrogen (secondary N) is 2. The zero-order chi connectivity index (χ0) is 42.1. The lowest BCUT2D eigenvalue weighted by Crippen LogP contribution is -2.43. The van der Waals surface area contributed by atoms with E-state index in [1.807, 2.05) is 12.1 Å². The van der Waals surface area contributed by atoms with Gasteiger partial charge in [0.15, 0.2) is 5.82 Å². The van der Waals surface area contributed by atoms with Gasteiger partial charge in [0.2, 0.25) is 0 Å². The number of pyridine rings is 1. The minimum atomic E-state index is -9.56. The summed E-state index contributed by atoms with van der Waals surface area (Å²) < 4.78 is 104. The molecule has 2 N–H and O–H groups in total. The number of hydrogen-bond acceptors (Lipinski definition) is 8. The zero-order valence-corrected chi connectivity index (χ0v) is 33.7. The lowest BCUT2D eigenvalue weighted by Gasteiger charge is -2.40. The second-order valence-electron chi connectivity index (χ2n) is 15.4. The number of methoxy groups -OCH3 is 1. The van der Waals surface area contributed by atoms with Crippen molar-refractivity contribution in [2.75, 3.05) is 45.2 Å². The van der Waals surface area contributed by atoms with Crippen molar-refractivity contribution in [3.63, 3.8) is 0 Å². The highest BCUT2D eigenvalue weighted by atomic mass is 32.5. The van der Waals surface area contributed by atoms with Crippen LogP contribution in [-0.4, -0.2) is 71.3 Å². The van der Waals surface area contributed by atoms with Crippen LogP contribution in [0.1, 0.15) is 69.5 Å². The first-order valence-corrected chi connectivity index (χ1v) is 21.8. The van der Waals surface area contributed by atoms with Gasteiger partial charge in [-0.25, -0.2) is 13.8 Å². The van der Waals surface area contributed by atoms with Crippen LogP contribution in [0.5, 0.6) is 11.8 Å². The van der Waals surface area contributed by atoms with E-state index in [-0.39, 0.29) is 46.2 Å². The van der Waals surface area contributed by atoms with Gasteiger partial charge < -0.3 is 20.1 Å². The van der Waals surface area contributed by atoms with Gasteiger partial charge in [-0.15, -0.1) is 6.42 Å². The third-order valence-electron chi connectivity index (χ3n) is 11.4. The predicted octanol–water partition coefficient (Wildman–Crippen LogP) is 11.0. The zero-order valence-electron chi connectivity index (χ0n) is 32.9. The predicted molar refractivity (Wildman–Crippen MR) is 219 cm³/mol. The Hall–Kier alpha value is -4.85. The van der Waals surface area contributed by atoms with Gasteiger partial charge in [0.1, 0.15) is 40.1 Å². The molecule has 2 aromatic heterocycles. The summed E-state index contributed by atoms with van der Waals surface area (Å²) in [5, 5.41) is 8.92. The molecule has 316 valence electrons. The van der Waals surface area contributed by atoms with E-state index >= 15 is 4.39 Å². The highest BCUT2D eigenvalue weighted by Crippen LogP contribution is 3.02. The maximum Gasteiger partial charge on any atom is 0.319 e. The van der Waals surface area contributed by atoms with Crippen LogP contribution in [0.15, 0.2) is 59.5 Å². The quantitative estimate of drug-likeness (QED) is 0.0773. The lowest BCUT2D eigenvalue weighted by atomic mass is 9.95. The Kier molecular flexibility index (Phi) is 11.4. The molecule has 0 aliphatic carbocycles. The van der Waals surface area contributed by atoms with Crippen molar-refractivity contribution in [3.05, 3.63) is 77.5 Å². The molecular formula is C43H47F7N6O2S. The van der Waals surface area contributed by atoms with Gasteiger partial charge in [0.05, 0.1) is 29.3 Å². The molecule has 2 fully saturated rings. The van der Waals surface area contributed by atoms with Crippen molar-refractivity contribution in [1.29, 1.82) is 0 Å². The summed E-state index contributed by atoms with van der Waals surface area (Å²) in [5.74, 6) is 1.66.